The Morgan fingerprint density at radius 1 is 1.42 bits per heavy atom. The highest BCUT2D eigenvalue weighted by Crippen LogP contribution is 2.31. The summed E-state index contributed by atoms with van der Waals surface area (Å²) in [4.78, 5) is 26.1. The first-order valence-electron chi connectivity index (χ1n) is 7.81. The average molecular weight is 373 g/mol. The molecule has 0 radical (unpaired) electrons. The van der Waals surface area contributed by atoms with Crippen molar-refractivity contribution in [2.45, 2.75) is 26.7 Å². The molecule has 2 rings (SSSR count). The molecular weight excluding hydrogens is 352 g/mol. The molecule has 0 aromatic heterocycles. The van der Waals surface area contributed by atoms with Gasteiger partial charge in [-0.25, -0.2) is 12.7 Å². The van der Waals surface area contributed by atoms with Crippen LogP contribution in [0.1, 0.15) is 37.0 Å². The molecule has 1 unspecified atom stereocenters. The van der Waals surface area contributed by atoms with Gasteiger partial charge >= 0.3 is 0 Å². The van der Waals surface area contributed by atoms with Crippen LogP contribution in [0.4, 0.5) is 5.69 Å². The molecule has 1 fully saturated rings. The van der Waals surface area contributed by atoms with Crippen LogP contribution in [0.2, 0.25) is 5.02 Å². The third-order valence-electron chi connectivity index (χ3n) is 3.97. The Bertz CT molecular complexity index is 763. The summed E-state index contributed by atoms with van der Waals surface area (Å²) < 4.78 is 25.0. The van der Waals surface area contributed by atoms with Crippen molar-refractivity contribution >= 4 is 39.1 Å². The normalized spacial score (nSPS) is 19.6. The second-order valence-corrected chi connectivity index (χ2v) is 8.30. The van der Waals surface area contributed by atoms with Crippen molar-refractivity contribution in [2.24, 2.45) is 5.92 Å². The number of benzene rings is 1. The minimum Gasteiger partial charge on any atom is -0.342 e. The zero-order chi connectivity index (χ0) is 18.1. The van der Waals surface area contributed by atoms with Gasteiger partial charge in [0.1, 0.15) is 0 Å². The largest absolute Gasteiger partial charge is 0.342 e. The average Bonchev–Trinajstić information content (AvgIpc) is 2.71. The first-order chi connectivity index (χ1) is 11.2. The van der Waals surface area contributed by atoms with Crippen LogP contribution >= 0.6 is 11.6 Å². The maximum atomic E-state index is 12.4. The number of unbranched alkanes of at least 4 members (excludes halogenated alkanes) is 1. The molecule has 2 amide bonds. The van der Waals surface area contributed by atoms with E-state index in [1.54, 1.807) is 18.9 Å². The summed E-state index contributed by atoms with van der Waals surface area (Å²) in [6, 6.07) is 4.27. The van der Waals surface area contributed by atoms with Crippen LogP contribution in [0.5, 0.6) is 0 Å². The number of anilines is 1. The van der Waals surface area contributed by atoms with Crippen molar-refractivity contribution in [3.63, 3.8) is 0 Å². The number of hydrogen-bond acceptors (Lipinski definition) is 4. The Balaban J connectivity index is 2.30. The lowest BCUT2D eigenvalue weighted by atomic mass is 10.1. The van der Waals surface area contributed by atoms with Crippen molar-refractivity contribution in [1.82, 2.24) is 4.90 Å². The van der Waals surface area contributed by atoms with Crippen molar-refractivity contribution in [2.75, 3.05) is 23.7 Å². The van der Waals surface area contributed by atoms with Crippen molar-refractivity contribution in [3.05, 3.63) is 28.8 Å². The summed E-state index contributed by atoms with van der Waals surface area (Å²) in [5.74, 6) is -1.52. The maximum absolute atomic E-state index is 12.4. The molecule has 1 aliphatic rings. The lowest BCUT2D eigenvalue weighted by molar-refractivity contribution is -0.119. The monoisotopic (exact) mass is 372 g/mol. The van der Waals surface area contributed by atoms with E-state index < -0.39 is 21.8 Å². The minimum atomic E-state index is -3.69. The Kier molecular flexibility index (Phi) is 5.55. The molecule has 1 saturated heterocycles. The van der Waals surface area contributed by atoms with Gasteiger partial charge in [0, 0.05) is 13.6 Å². The van der Waals surface area contributed by atoms with Crippen LogP contribution in [-0.4, -0.2) is 44.5 Å². The predicted molar refractivity (Wildman–Crippen MR) is 93.8 cm³/mol. The summed E-state index contributed by atoms with van der Waals surface area (Å²) >= 11 is 6.18. The van der Waals surface area contributed by atoms with Gasteiger partial charge in [-0.15, -0.1) is 0 Å². The molecule has 1 aromatic rings. The molecule has 0 aliphatic carbocycles. The second-order valence-electron chi connectivity index (χ2n) is 6.03. The summed E-state index contributed by atoms with van der Waals surface area (Å²) in [5.41, 5.74) is 0.457. The zero-order valence-corrected chi connectivity index (χ0v) is 15.5. The highest BCUT2D eigenvalue weighted by molar-refractivity contribution is 7.94. The number of rotatable bonds is 5. The fourth-order valence-corrected chi connectivity index (χ4v) is 4.66. The standard InChI is InChI=1S/C16H21ClN2O4S/c1-4-5-8-18(3)16(21)13-7-6-12(9-14(13)17)19-15(20)11(2)10-24(19,22)23/h6-7,9,11H,4-5,8,10H2,1-3H3. The molecule has 1 aromatic carbocycles. The number of carbonyl (C=O) groups is 2. The van der Waals surface area contributed by atoms with E-state index in [1.807, 2.05) is 6.92 Å². The Morgan fingerprint density at radius 2 is 2.08 bits per heavy atom. The number of sulfonamides is 1. The highest BCUT2D eigenvalue weighted by atomic mass is 35.5. The SMILES string of the molecule is CCCCN(C)C(=O)c1ccc(N2C(=O)C(C)CS2(=O)=O)cc1Cl. The molecule has 8 heteroatoms. The quantitative estimate of drug-likeness (QED) is 0.795. The van der Waals surface area contributed by atoms with Gasteiger partial charge in [-0.2, -0.15) is 0 Å². The summed E-state index contributed by atoms with van der Waals surface area (Å²) in [5, 5.41) is 0.128. The predicted octanol–water partition coefficient (Wildman–Crippen LogP) is 2.52. The van der Waals surface area contributed by atoms with Gasteiger partial charge in [0.05, 0.1) is 27.9 Å². The van der Waals surface area contributed by atoms with Crippen LogP contribution in [0.25, 0.3) is 0 Å². The molecule has 0 N–H and O–H groups in total. The van der Waals surface area contributed by atoms with Crippen LogP contribution in [-0.2, 0) is 14.8 Å². The van der Waals surface area contributed by atoms with E-state index in [2.05, 4.69) is 0 Å². The highest BCUT2D eigenvalue weighted by Gasteiger charge is 2.42. The molecule has 132 valence electrons. The first-order valence-corrected chi connectivity index (χ1v) is 9.79. The van der Waals surface area contributed by atoms with Gasteiger partial charge in [0.15, 0.2) is 0 Å². The van der Waals surface area contributed by atoms with E-state index >= 15 is 0 Å². The third kappa shape index (κ3) is 3.57. The Morgan fingerprint density at radius 3 is 2.58 bits per heavy atom. The maximum Gasteiger partial charge on any atom is 0.255 e. The fourth-order valence-electron chi connectivity index (χ4n) is 2.59. The van der Waals surface area contributed by atoms with E-state index in [-0.39, 0.29) is 27.9 Å². The zero-order valence-electron chi connectivity index (χ0n) is 14.0. The number of nitrogens with zero attached hydrogens (tertiary/aromatic N) is 2. The van der Waals surface area contributed by atoms with Crippen LogP contribution < -0.4 is 4.31 Å². The second kappa shape index (κ2) is 7.11. The van der Waals surface area contributed by atoms with Gasteiger partial charge in [-0.05, 0) is 24.6 Å². The lowest BCUT2D eigenvalue weighted by Crippen LogP contribution is -2.31. The Hall–Kier alpha value is -1.60. The van der Waals surface area contributed by atoms with Crippen LogP contribution in [0, 0.1) is 5.92 Å². The fraction of sp³-hybridized carbons (Fsp3) is 0.500. The molecule has 0 spiro atoms. The number of hydrogen-bond donors (Lipinski definition) is 0. The Labute approximate surface area is 147 Å². The minimum absolute atomic E-state index is 0.128. The lowest BCUT2D eigenvalue weighted by Gasteiger charge is -2.19. The molecule has 24 heavy (non-hydrogen) atoms. The number of amides is 2. The van der Waals surface area contributed by atoms with E-state index in [1.165, 1.54) is 18.2 Å². The van der Waals surface area contributed by atoms with Crippen molar-refractivity contribution < 1.29 is 18.0 Å². The molecule has 0 saturated carbocycles. The molecule has 1 heterocycles. The molecule has 0 bridgehead atoms. The molecule has 1 atom stereocenters. The molecule has 1 aliphatic heterocycles. The van der Waals surface area contributed by atoms with Gasteiger partial charge in [0.25, 0.3) is 5.91 Å². The topological polar surface area (TPSA) is 74.8 Å². The smallest absolute Gasteiger partial charge is 0.255 e. The third-order valence-corrected chi connectivity index (χ3v) is 6.15. The first kappa shape index (κ1) is 18.7. The number of carbonyl (C=O) groups excluding carboxylic acids is 2. The van der Waals surface area contributed by atoms with Gasteiger partial charge < -0.3 is 4.90 Å². The van der Waals surface area contributed by atoms with Gasteiger partial charge in [-0.1, -0.05) is 31.9 Å². The van der Waals surface area contributed by atoms with Crippen LogP contribution in [0.3, 0.4) is 0 Å². The van der Waals surface area contributed by atoms with E-state index in [4.69, 9.17) is 11.6 Å². The van der Waals surface area contributed by atoms with Crippen LogP contribution in [0.15, 0.2) is 18.2 Å². The number of halogens is 1. The van der Waals surface area contributed by atoms with E-state index in [0.29, 0.717) is 6.54 Å². The van der Waals surface area contributed by atoms with Gasteiger partial charge in [-0.3, -0.25) is 9.59 Å². The van der Waals surface area contributed by atoms with E-state index in [0.717, 1.165) is 17.1 Å². The van der Waals surface area contributed by atoms with Crippen molar-refractivity contribution in [1.29, 1.82) is 0 Å². The molecular formula is C16H21ClN2O4S. The summed E-state index contributed by atoms with van der Waals surface area (Å²) in [7, 11) is -1.99. The summed E-state index contributed by atoms with van der Waals surface area (Å²) in [6.07, 6.45) is 1.85. The van der Waals surface area contributed by atoms with E-state index in [9.17, 15) is 18.0 Å². The molecule has 6 nitrogen and oxygen atoms in total. The van der Waals surface area contributed by atoms with Gasteiger partial charge in [0.2, 0.25) is 15.9 Å². The summed E-state index contributed by atoms with van der Waals surface area (Å²) in [6.45, 7) is 4.22. The van der Waals surface area contributed by atoms with Crippen molar-refractivity contribution in [3.8, 4) is 0 Å².